The Kier molecular flexibility index (Phi) is 5.47. The van der Waals surface area contributed by atoms with Crippen LogP contribution in [0.1, 0.15) is 20.8 Å². The summed E-state index contributed by atoms with van der Waals surface area (Å²) in [7, 11) is -2.88. The van der Waals surface area contributed by atoms with E-state index in [9.17, 15) is 4.57 Å². The molecular formula is C8H17O3P. The van der Waals surface area contributed by atoms with Gasteiger partial charge in [0.1, 0.15) is 0 Å². The molecule has 0 N–H and O–H groups in total. The van der Waals surface area contributed by atoms with Gasteiger partial charge in [-0.25, -0.2) is 0 Å². The van der Waals surface area contributed by atoms with Gasteiger partial charge in [-0.1, -0.05) is 12.2 Å². The standard InChI is InChI=1S/C8H17O3P/c1-5-10-12(9,11-6-2)7-8(3)4/h3,5-7H2,1-2,4H3. The summed E-state index contributed by atoms with van der Waals surface area (Å²) in [6, 6.07) is 0. The van der Waals surface area contributed by atoms with Gasteiger partial charge in [-0.2, -0.15) is 0 Å². The van der Waals surface area contributed by atoms with Crippen molar-refractivity contribution in [1.29, 1.82) is 0 Å². The Labute approximate surface area is 74.3 Å². The van der Waals surface area contributed by atoms with Gasteiger partial charge in [-0.3, -0.25) is 4.57 Å². The van der Waals surface area contributed by atoms with Gasteiger partial charge in [0.2, 0.25) is 0 Å². The Balaban J connectivity index is 4.18. The average molecular weight is 192 g/mol. The Morgan fingerprint density at radius 2 is 1.75 bits per heavy atom. The van der Waals surface area contributed by atoms with Crippen molar-refractivity contribution in [3.63, 3.8) is 0 Å². The minimum Gasteiger partial charge on any atom is -0.309 e. The highest BCUT2D eigenvalue weighted by atomic mass is 31.2. The molecule has 72 valence electrons. The van der Waals surface area contributed by atoms with Crippen molar-refractivity contribution in [2.24, 2.45) is 0 Å². The van der Waals surface area contributed by atoms with Gasteiger partial charge in [0.25, 0.3) is 0 Å². The first kappa shape index (κ1) is 11.9. The molecule has 0 saturated carbocycles. The highest BCUT2D eigenvalue weighted by Gasteiger charge is 2.22. The highest BCUT2D eigenvalue weighted by Crippen LogP contribution is 2.49. The van der Waals surface area contributed by atoms with Gasteiger partial charge in [0.15, 0.2) is 0 Å². The van der Waals surface area contributed by atoms with Crippen molar-refractivity contribution < 1.29 is 13.6 Å². The monoisotopic (exact) mass is 192 g/mol. The van der Waals surface area contributed by atoms with Crippen LogP contribution in [0.25, 0.3) is 0 Å². The van der Waals surface area contributed by atoms with E-state index in [1.165, 1.54) is 0 Å². The molecule has 0 saturated heterocycles. The predicted octanol–water partition coefficient (Wildman–Crippen LogP) is 2.83. The fourth-order valence-electron chi connectivity index (χ4n) is 0.853. The molecule has 0 aromatic carbocycles. The third-order valence-electron chi connectivity index (χ3n) is 1.12. The minimum absolute atomic E-state index is 0.314. The van der Waals surface area contributed by atoms with E-state index in [2.05, 4.69) is 6.58 Å². The molecule has 0 atom stereocenters. The molecule has 0 rings (SSSR count). The quantitative estimate of drug-likeness (QED) is 0.479. The average Bonchev–Trinajstić information content (AvgIpc) is 1.85. The normalized spacial score (nSPS) is 11.6. The van der Waals surface area contributed by atoms with E-state index >= 15 is 0 Å². The summed E-state index contributed by atoms with van der Waals surface area (Å²) < 4.78 is 21.8. The molecule has 0 bridgehead atoms. The Morgan fingerprint density at radius 3 is 2.00 bits per heavy atom. The van der Waals surface area contributed by atoms with Crippen LogP contribution in [0, 0.1) is 0 Å². The fourth-order valence-corrected chi connectivity index (χ4v) is 2.56. The van der Waals surface area contributed by atoms with E-state index in [4.69, 9.17) is 9.05 Å². The van der Waals surface area contributed by atoms with Crippen LogP contribution in [0.5, 0.6) is 0 Å². The predicted molar refractivity (Wildman–Crippen MR) is 50.5 cm³/mol. The Bertz CT molecular complexity index is 179. The lowest BCUT2D eigenvalue weighted by atomic mass is 10.4. The van der Waals surface area contributed by atoms with E-state index < -0.39 is 7.60 Å². The fraction of sp³-hybridized carbons (Fsp3) is 0.750. The van der Waals surface area contributed by atoms with Crippen LogP contribution in [-0.4, -0.2) is 19.4 Å². The van der Waals surface area contributed by atoms with Gasteiger partial charge in [-0.05, 0) is 20.8 Å². The molecule has 0 spiro atoms. The van der Waals surface area contributed by atoms with Crippen molar-refractivity contribution in [2.45, 2.75) is 20.8 Å². The van der Waals surface area contributed by atoms with E-state index in [1.54, 1.807) is 13.8 Å². The summed E-state index contributed by atoms with van der Waals surface area (Å²) in [5.74, 6) is 0. The van der Waals surface area contributed by atoms with Crippen LogP contribution in [0.4, 0.5) is 0 Å². The summed E-state index contributed by atoms with van der Waals surface area (Å²) in [6.45, 7) is 9.89. The van der Waals surface area contributed by atoms with Crippen LogP contribution in [0.2, 0.25) is 0 Å². The number of hydrogen-bond acceptors (Lipinski definition) is 3. The Hall–Kier alpha value is -0.110. The molecule has 0 fully saturated rings. The van der Waals surface area contributed by atoms with Crippen molar-refractivity contribution in [3.8, 4) is 0 Å². The van der Waals surface area contributed by atoms with Crippen LogP contribution >= 0.6 is 7.60 Å². The first-order valence-electron chi connectivity index (χ1n) is 4.06. The van der Waals surface area contributed by atoms with Gasteiger partial charge in [0, 0.05) is 0 Å². The second kappa shape index (κ2) is 5.52. The maximum atomic E-state index is 11.7. The first-order valence-corrected chi connectivity index (χ1v) is 5.79. The zero-order valence-corrected chi connectivity index (χ0v) is 8.89. The topological polar surface area (TPSA) is 35.5 Å². The molecule has 0 aliphatic rings. The SMILES string of the molecule is C=C(C)CP(=O)(OCC)OCC. The molecule has 3 nitrogen and oxygen atoms in total. The number of rotatable bonds is 6. The van der Waals surface area contributed by atoms with Gasteiger partial charge >= 0.3 is 7.60 Å². The third kappa shape index (κ3) is 4.70. The lowest BCUT2D eigenvalue weighted by molar-refractivity contribution is 0.222. The molecule has 0 amide bonds. The van der Waals surface area contributed by atoms with Crippen molar-refractivity contribution in [3.05, 3.63) is 12.2 Å². The molecule has 0 aliphatic carbocycles. The van der Waals surface area contributed by atoms with Crippen LogP contribution < -0.4 is 0 Å². The number of hydrogen-bond donors (Lipinski definition) is 0. The van der Waals surface area contributed by atoms with Crippen LogP contribution in [-0.2, 0) is 13.6 Å². The van der Waals surface area contributed by atoms with E-state index in [-0.39, 0.29) is 0 Å². The third-order valence-corrected chi connectivity index (χ3v) is 3.35. The zero-order valence-electron chi connectivity index (χ0n) is 8.00. The summed E-state index contributed by atoms with van der Waals surface area (Å²) in [6.07, 6.45) is 0.314. The lowest BCUT2D eigenvalue weighted by Crippen LogP contribution is -2.00. The van der Waals surface area contributed by atoms with E-state index in [0.717, 1.165) is 5.57 Å². The smallest absolute Gasteiger partial charge is 0.309 e. The summed E-state index contributed by atoms with van der Waals surface area (Å²) >= 11 is 0. The molecule has 12 heavy (non-hydrogen) atoms. The van der Waals surface area contributed by atoms with Crippen LogP contribution in [0.3, 0.4) is 0 Å². The lowest BCUT2D eigenvalue weighted by Gasteiger charge is -2.16. The molecule has 0 aliphatic heterocycles. The van der Waals surface area contributed by atoms with Crippen molar-refractivity contribution in [2.75, 3.05) is 19.4 Å². The molecule has 4 heteroatoms. The summed E-state index contributed by atoms with van der Waals surface area (Å²) in [4.78, 5) is 0. The number of allylic oxidation sites excluding steroid dienone is 1. The molecular weight excluding hydrogens is 175 g/mol. The molecule has 0 aromatic heterocycles. The molecule has 0 aromatic rings. The van der Waals surface area contributed by atoms with Gasteiger partial charge in [0.05, 0.1) is 19.4 Å². The molecule has 0 unspecified atom stereocenters. The van der Waals surface area contributed by atoms with Gasteiger partial charge < -0.3 is 9.05 Å². The van der Waals surface area contributed by atoms with E-state index in [1.807, 2.05) is 6.92 Å². The Morgan fingerprint density at radius 1 is 1.33 bits per heavy atom. The molecule has 0 radical (unpaired) electrons. The second-order valence-electron chi connectivity index (χ2n) is 2.56. The maximum absolute atomic E-state index is 11.7. The van der Waals surface area contributed by atoms with Gasteiger partial charge in [-0.15, -0.1) is 0 Å². The minimum atomic E-state index is -2.88. The van der Waals surface area contributed by atoms with Crippen molar-refractivity contribution in [1.82, 2.24) is 0 Å². The first-order chi connectivity index (χ1) is 5.54. The molecule has 0 heterocycles. The van der Waals surface area contributed by atoms with E-state index in [0.29, 0.717) is 19.4 Å². The largest absolute Gasteiger partial charge is 0.334 e. The highest BCUT2D eigenvalue weighted by molar-refractivity contribution is 7.54. The van der Waals surface area contributed by atoms with Crippen molar-refractivity contribution >= 4 is 7.60 Å². The summed E-state index contributed by atoms with van der Waals surface area (Å²) in [5, 5.41) is 0. The van der Waals surface area contributed by atoms with Crippen LogP contribution in [0.15, 0.2) is 12.2 Å². The summed E-state index contributed by atoms with van der Waals surface area (Å²) in [5.41, 5.74) is 0.820. The maximum Gasteiger partial charge on any atom is 0.334 e. The zero-order chi connectivity index (χ0) is 9.61. The second-order valence-corrected chi connectivity index (χ2v) is 4.62.